The minimum absolute atomic E-state index is 0.0568. The molecule has 0 aliphatic carbocycles. The van der Waals surface area contributed by atoms with Crippen molar-refractivity contribution in [3.63, 3.8) is 0 Å². The second kappa shape index (κ2) is 13.0. The fraction of sp³-hybridized carbons (Fsp3) is 0.269. The third-order valence-electron chi connectivity index (χ3n) is 5.67. The van der Waals surface area contributed by atoms with Crippen LogP contribution in [0.3, 0.4) is 0 Å². The lowest BCUT2D eigenvalue weighted by Gasteiger charge is -2.18. The van der Waals surface area contributed by atoms with Crippen molar-refractivity contribution in [2.24, 2.45) is 0 Å². The summed E-state index contributed by atoms with van der Waals surface area (Å²) in [6.45, 7) is 6.53. The Hall–Kier alpha value is -5.27. The number of nitrogens with one attached hydrogen (secondary N) is 2. The van der Waals surface area contributed by atoms with Gasteiger partial charge in [0.25, 0.3) is 11.8 Å². The number of hydrogen-bond donors (Lipinski definition) is 3. The SMILES string of the molecule is CCNC(=O)c1ccc(C)c(Nc2ncnn3cc(C(=O)N(CC)C(=O)OCOC(=O)C=CC(=O)O)c(C)c23)c1. The molecule has 0 radical (unpaired) electrons. The summed E-state index contributed by atoms with van der Waals surface area (Å²) in [5.41, 5.74) is 3.04. The van der Waals surface area contributed by atoms with Crippen molar-refractivity contribution in [3.8, 4) is 0 Å². The molecule has 3 N–H and O–H groups in total. The number of aliphatic carboxylic acids is 1. The van der Waals surface area contributed by atoms with E-state index >= 15 is 0 Å². The highest BCUT2D eigenvalue weighted by atomic mass is 16.7. The topological polar surface area (TPSA) is 182 Å². The molecule has 1 aromatic carbocycles. The second-order valence-corrected chi connectivity index (χ2v) is 8.30. The van der Waals surface area contributed by atoms with Crippen LogP contribution < -0.4 is 10.6 Å². The fourth-order valence-electron chi connectivity index (χ4n) is 3.66. The number of nitrogens with zero attached hydrogens (tertiary/aromatic N) is 4. The number of anilines is 2. The smallest absolute Gasteiger partial charge is 0.419 e. The van der Waals surface area contributed by atoms with E-state index in [4.69, 9.17) is 9.84 Å². The van der Waals surface area contributed by atoms with E-state index in [9.17, 15) is 24.0 Å². The van der Waals surface area contributed by atoms with Crippen LogP contribution in [0.15, 0.2) is 42.9 Å². The lowest BCUT2D eigenvalue weighted by molar-refractivity contribution is -0.146. The number of carbonyl (C=O) groups is 5. The summed E-state index contributed by atoms with van der Waals surface area (Å²) < 4.78 is 10.9. The lowest BCUT2D eigenvalue weighted by atomic mass is 10.1. The van der Waals surface area contributed by atoms with Crippen molar-refractivity contribution in [3.05, 3.63) is 65.1 Å². The summed E-state index contributed by atoms with van der Waals surface area (Å²) in [5.74, 6) is -2.92. The van der Waals surface area contributed by atoms with Gasteiger partial charge in [-0.3, -0.25) is 9.59 Å². The van der Waals surface area contributed by atoms with E-state index in [0.717, 1.165) is 10.5 Å². The largest absolute Gasteiger partial charge is 0.478 e. The number of benzene rings is 1. The van der Waals surface area contributed by atoms with Gasteiger partial charge in [0.05, 0.1) is 5.56 Å². The maximum atomic E-state index is 13.3. The van der Waals surface area contributed by atoms with Gasteiger partial charge in [-0.1, -0.05) is 6.07 Å². The molecule has 0 aliphatic heterocycles. The molecule has 14 nitrogen and oxygen atoms in total. The maximum Gasteiger partial charge on any atom is 0.419 e. The monoisotopic (exact) mass is 552 g/mol. The normalized spacial score (nSPS) is 10.8. The van der Waals surface area contributed by atoms with Crippen molar-refractivity contribution in [1.82, 2.24) is 24.8 Å². The molecule has 210 valence electrons. The van der Waals surface area contributed by atoms with E-state index < -0.39 is 30.7 Å². The molecule has 0 unspecified atom stereocenters. The summed E-state index contributed by atoms with van der Waals surface area (Å²) >= 11 is 0. The maximum absolute atomic E-state index is 13.3. The predicted octanol–water partition coefficient (Wildman–Crippen LogP) is 2.58. The van der Waals surface area contributed by atoms with Gasteiger partial charge in [-0.05, 0) is 51.0 Å². The van der Waals surface area contributed by atoms with Crippen molar-refractivity contribution in [1.29, 1.82) is 0 Å². The van der Waals surface area contributed by atoms with E-state index in [2.05, 4.69) is 25.5 Å². The van der Waals surface area contributed by atoms with Crippen LogP contribution in [0.2, 0.25) is 0 Å². The van der Waals surface area contributed by atoms with Crippen molar-refractivity contribution >= 4 is 46.9 Å². The van der Waals surface area contributed by atoms with Crippen LogP contribution in [0.5, 0.6) is 0 Å². The number of fused-ring (bicyclic) bond motifs is 1. The minimum Gasteiger partial charge on any atom is -0.478 e. The number of ether oxygens (including phenoxy) is 2. The summed E-state index contributed by atoms with van der Waals surface area (Å²) in [6.07, 6.45) is 2.90. The number of carboxylic acid groups (broad SMARTS) is 1. The van der Waals surface area contributed by atoms with E-state index in [0.29, 0.717) is 46.8 Å². The number of esters is 1. The number of amides is 3. The first-order valence-electron chi connectivity index (χ1n) is 12.1. The van der Waals surface area contributed by atoms with Crippen molar-refractivity contribution < 1.29 is 38.6 Å². The molecule has 3 aromatic rings. The summed E-state index contributed by atoms with van der Waals surface area (Å²) in [4.78, 5) is 65.2. The first-order chi connectivity index (χ1) is 19.1. The lowest BCUT2D eigenvalue weighted by Crippen LogP contribution is -2.37. The first kappa shape index (κ1) is 29.3. The molecule has 40 heavy (non-hydrogen) atoms. The molecule has 2 aromatic heterocycles. The average molecular weight is 553 g/mol. The van der Waals surface area contributed by atoms with Gasteiger partial charge in [0.15, 0.2) is 5.82 Å². The third-order valence-corrected chi connectivity index (χ3v) is 5.67. The molecule has 2 heterocycles. The molecule has 0 aliphatic rings. The Morgan fingerprint density at radius 1 is 1.10 bits per heavy atom. The Balaban J connectivity index is 1.83. The van der Waals surface area contributed by atoms with Crippen LogP contribution in [0, 0.1) is 13.8 Å². The highest BCUT2D eigenvalue weighted by Gasteiger charge is 2.27. The predicted molar refractivity (Wildman–Crippen MR) is 141 cm³/mol. The van der Waals surface area contributed by atoms with Crippen molar-refractivity contribution in [2.45, 2.75) is 27.7 Å². The zero-order valence-corrected chi connectivity index (χ0v) is 22.3. The van der Waals surface area contributed by atoms with Crippen LogP contribution >= 0.6 is 0 Å². The van der Waals surface area contributed by atoms with E-state index in [1.165, 1.54) is 17.0 Å². The minimum atomic E-state index is -1.35. The number of carboxylic acids is 1. The van der Waals surface area contributed by atoms with E-state index in [-0.39, 0.29) is 18.0 Å². The molecular weight excluding hydrogens is 524 g/mol. The number of rotatable bonds is 10. The van der Waals surface area contributed by atoms with Crippen LogP contribution in [-0.2, 0) is 19.1 Å². The van der Waals surface area contributed by atoms with Gasteiger partial charge in [0.1, 0.15) is 11.8 Å². The van der Waals surface area contributed by atoms with Gasteiger partial charge in [-0.25, -0.2) is 28.8 Å². The highest BCUT2D eigenvalue weighted by molar-refractivity contribution is 6.05. The Morgan fingerprint density at radius 2 is 1.85 bits per heavy atom. The Labute approximate surface area is 228 Å². The van der Waals surface area contributed by atoms with Crippen LogP contribution in [0.25, 0.3) is 5.52 Å². The summed E-state index contributed by atoms with van der Waals surface area (Å²) in [6, 6.07) is 5.21. The van der Waals surface area contributed by atoms with Crippen LogP contribution in [-0.4, -0.2) is 74.3 Å². The van der Waals surface area contributed by atoms with Gasteiger partial charge >= 0.3 is 18.0 Å². The number of imide groups is 1. The standard InChI is InChI=1S/C26H28N6O8/c1-5-27-24(36)17-8-7-15(3)19(11-17)30-23-22-16(4)18(12-32(22)29-13-28-23)25(37)31(6-2)26(38)40-14-39-21(35)10-9-20(33)34/h7-13H,5-6,14H2,1-4H3,(H,27,36)(H,33,34)(H,28,29,30). The van der Waals surface area contributed by atoms with Crippen LogP contribution in [0.1, 0.15) is 45.7 Å². The molecule has 0 atom stereocenters. The zero-order valence-electron chi connectivity index (χ0n) is 22.3. The van der Waals surface area contributed by atoms with Gasteiger partial charge in [-0.2, -0.15) is 5.10 Å². The van der Waals surface area contributed by atoms with Crippen molar-refractivity contribution in [2.75, 3.05) is 25.2 Å². The molecule has 14 heteroatoms. The van der Waals surface area contributed by atoms with Gasteiger partial charge < -0.3 is 25.2 Å². The third kappa shape index (κ3) is 6.78. The Kier molecular flexibility index (Phi) is 9.52. The van der Waals surface area contributed by atoms with Gasteiger partial charge in [0, 0.05) is 42.7 Å². The number of aromatic nitrogens is 3. The molecular formula is C26H28N6O8. The molecule has 0 fully saturated rings. The van der Waals surface area contributed by atoms with E-state index in [1.54, 1.807) is 32.0 Å². The number of aryl methyl sites for hydroxylation is 2. The molecule has 0 bridgehead atoms. The molecule has 0 saturated heterocycles. The Bertz CT molecular complexity index is 1500. The Morgan fingerprint density at radius 3 is 2.52 bits per heavy atom. The zero-order chi connectivity index (χ0) is 29.4. The quantitative estimate of drug-likeness (QED) is 0.191. The van der Waals surface area contributed by atoms with Crippen LogP contribution in [0.4, 0.5) is 16.3 Å². The first-order valence-corrected chi connectivity index (χ1v) is 12.1. The molecule has 0 spiro atoms. The number of carbonyl (C=O) groups excluding carboxylic acids is 4. The fourth-order valence-corrected chi connectivity index (χ4v) is 3.66. The summed E-state index contributed by atoms with van der Waals surface area (Å²) in [7, 11) is 0. The second-order valence-electron chi connectivity index (χ2n) is 8.30. The molecule has 3 rings (SSSR count). The molecule has 3 amide bonds. The highest BCUT2D eigenvalue weighted by Crippen LogP contribution is 2.28. The van der Waals surface area contributed by atoms with E-state index in [1.807, 2.05) is 13.8 Å². The average Bonchev–Trinajstić information content (AvgIpc) is 3.26. The molecule has 0 saturated carbocycles. The van der Waals surface area contributed by atoms with Gasteiger partial charge in [-0.15, -0.1) is 0 Å². The number of hydrogen-bond acceptors (Lipinski definition) is 10. The van der Waals surface area contributed by atoms with Gasteiger partial charge in [0.2, 0.25) is 6.79 Å². The summed E-state index contributed by atoms with van der Waals surface area (Å²) in [5, 5.41) is 18.7.